The van der Waals surface area contributed by atoms with Gasteiger partial charge >= 0.3 is 0 Å². The maximum Gasteiger partial charge on any atom is 0.146 e. The Labute approximate surface area is 60.0 Å². The molecule has 3 nitrogen and oxygen atoms in total. The Balaban J connectivity index is 3.17. The summed E-state index contributed by atoms with van der Waals surface area (Å²) in [5, 5.41) is 7.60. The van der Waals surface area contributed by atoms with Crippen LogP contribution in [0.1, 0.15) is 11.3 Å². The molecule has 0 amide bonds. The molecule has 0 radical (unpaired) electrons. The Hall–Kier alpha value is -1.12. The molecule has 0 N–H and O–H groups in total. The third kappa shape index (κ3) is 1.07. The van der Waals surface area contributed by atoms with Gasteiger partial charge in [0.05, 0.1) is 13.3 Å². The van der Waals surface area contributed by atoms with Crippen molar-refractivity contribution in [3.63, 3.8) is 0 Å². The molecule has 0 aliphatic rings. The lowest BCUT2D eigenvalue weighted by molar-refractivity contribution is 0.404. The first kappa shape index (κ1) is 6.99. The molecule has 10 heavy (non-hydrogen) atoms. The van der Waals surface area contributed by atoms with Gasteiger partial charge in [-0.05, 0) is 13.8 Å². The third-order valence-corrected chi connectivity index (χ3v) is 1.35. The molecule has 3 heteroatoms. The minimum atomic E-state index is 0.829. The summed E-state index contributed by atoms with van der Waals surface area (Å²) in [7, 11) is 1.64. The van der Waals surface area contributed by atoms with Crippen LogP contribution in [0.25, 0.3) is 0 Å². The number of nitrogens with zero attached hydrogens (tertiary/aromatic N) is 2. The summed E-state index contributed by atoms with van der Waals surface area (Å²) < 4.78 is 5.07. The van der Waals surface area contributed by atoms with Crippen LogP contribution in [0.5, 0.6) is 5.75 Å². The van der Waals surface area contributed by atoms with Gasteiger partial charge in [0.15, 0.2) is 0 Å². The van der Waals surface area contributed by atoms with Gasteiger partial charge in [-0.2, -0.15) is 10.2 Å². The van der Waals surface area contributed by atoms with Crippen LogP contribution in [-0.4, -0.2) is 17.3 Å². The molecule has 1 aromatic rings. The largest absolute Gasteiger partial charge is 0.494 e. The summed E-state index contributed by atoms with van der Waals surface area (Å²) in [5.41, 5.74) is 1.86. The number of rotatable bonds is 1. The normalized spacial score (nSPS) is 9.50. The fourth-order valence-corrected chi connectivity index (χ4v) is 0.900. The summed E-state index contributed by atoms with van der Waals surface area (Å²) in [6.07, 6.45) is 1.69. The van der Waals surface area contributed by atoms with Gasteiger partial charge in [0.2, 0.25) is 0 Å². The summed E-state index contributed by atoms with van der Waals surface area (Å²) >= 11 is 0. The van der Waals surface area contributed by atoms with Crippen molar-refractivity contribution in [3.05, 3.63) is 17.5 Å². The molecule has 0 unspecified atom stereocenters. The zero-order chi connectivity index (χ0) is 7.56. The molecule has 0 aliphatic carbocycles. The van der Waals surface area contributed by atoms with E-state index in [0.717, 1.165) is 17.0 Å². The van der Waals surface area contributed by atoms with Crippen molar-refractivity contribution in [1.29, 1.82) is 0 Å². The molecule has 0 spiro atoms. The summed E-state index contributed by atoms with van der Waals surface area (Å²) in [6.45, 7) is 3.82. The molecular weight excluding hydrogens is 128 g/mol. The number of ether oxygens (including phenoxy) is 1. The van der Waals surface area contributed by atoms with Crippen LogP contribution in [0.2, 0.25) is 0 Å². The maximum atomic E-state index is 5.07. The number of hydrogen-bond acceptors (Lipinski definition) is 3. The van der Waals surface area contributed by atoms with Gasteiger partial charge in [0.1, 0.15) is 11.4 Å². The summed E-state index contributed by atoms with van der Waals surface area (Å²) in [6, 6.07) is 0. The standard InChI is InChI=1S/C7H10N2O/c1-5-4-8-9-6(2)7(5)10-3/h4H,1-3H3. The van der Waals surface area contributed by atoms with E-state index >= 15 is 0 Å². The van der Waals surface area contributed by atoms with Crippen molar-refractivity contribution in [3.8, 4) is 5.75 Å². The SMILES string of the molecule is COc1c(C)cnnc1C. The lowest BCUT2D eigenvalue weighted by Crippen LogP contribution is -1.95. The topological polar surface area (TPSA) is 35.0 Å². The molecule has 0 saturated carbocycles. The third-order valence-electron chi connectivity index (χ3n) is 1.35. The van der Waals surface area contributed by atoms with Crippen LogP contribution in [0.4, 0.5) is 0 Å². The molecule has 0 bridgehead atoms. The van der Waals surface area contributed by atoms with Crippen molar-refractivity contribution >= 4 is 0 Å². The van der Waals surface area contributed by atoms with Gasteiger partial charge in [-0.3, -0.25) is 0 Å². The summed E-state index contributed by atoms with van der Waals surface area (Å²) in [5.74, 6) is 0.829. The van der Waals surface area contributed by atoms with Crippen molar-refractivity contribution in [2.75, 3.05) is 7.11 Å². The second-order valence-electron chi connectivity index (χ2n) is 2.15. The highest BCUT2D eigenvalue weighted by Crippen LogP contribution is 2.17. The van der Waals surface area contributed by atoms with Crippen LogP contribution in [0, 0.1) is 13.8 Å². The zero-order valence-corrected chi connectivity index (χ0v) is 6.38. The smallest absolute Gasteiger partial charge is 0.146 e. The highest BCUT2D eigenvalue weighted by molar-refractivity contribution is 5.32. The predicted molar refractivity (Wildman–Crippen MR) is 38.1 cm³/mol. The van der Waals surface area contributed by atoms with Gasteiger partial charge in [-0.25, -0.2) is 0 Å². The second-order valence-corrected chi connectivity index (χ2v) is 2.15. The number of aryl methyl sites for hydroxylation is 2. The molecule has 54 valence electrons. The highest BCUT2D eigenvalue weighted by Gasteiger charge is 2.01. The average molecular weight is 138 g/mol. The number of hydrogen-bond donors (Lipinski definition) is 0. The highest BCUT2D eigenvalue weighted by atomic mass is 16.5. The molecule has 0 aromatic carbocycles. The molecule has 0 fully saturated rings. The number of aromatic nitrogens is 2. The molecule has 0 atom stereocenters. The lowest BCUT2D eigenvalue weighted by Gasteiger charge is -2.03. The zero-order valence-electron chi connectivity index (χ0n) is 6.38. The molecule has 0 aliphatic heterocycles. The van der Waals surface area contributed by atoms with Crippen molar-refractivity contribution in [2.24, 2.45) is 0 Å². The van der Waals surface area contributed by atoms with Crippen molar-refractivity contribution in [2.45, 2.75) is 13.8 Å². The molecule has 0 saturated heterocycles. The van der Waals surface area contributed by atoms with Crippen molar-refractivity contribution < 1.29 is 4.74 Å². The predicted octanol–water partition coefficient (Wildman–Crippen LogP) is 1.10. The van der Waals surface area contributed by atoms with E-state index in [1.165, 1.54) is 0 Å². The van der Waals surface area contributed by atoms with E-state index in [1.54, 1.807) is 13.3 Å². The van der Waals surface area contributed by atoms with Gasteiger partial charge in [0.25, 0.3) is 0 Å². The van der Waals surface area contributed by atoms with E-state index in [-0.39, 0.29) is 0 Å². The Morgan fingerprint density at radius 3 is 2.50 bits per heavy atom. The Morgan fingerprint density at radius 1 is 1.40 bits per heavy atom. The second kappa shape index (κ2) is 2.64. The van der Waals surface area contributed by atoms with Crippen LogP contribution in [-0.2, 0) is 0 Å². The van der Waals surface area contributed by atoms with Gasteiger partial charge in [0, 0.05) is 5.56 Å². The lowest BCUT2D eigenvalue weighted by atomic mass is 10.3. The quantitative estimate of drug-likeness (QED) is 0.583. The minimum Gasteiger partial charge on any atom is -0.494 e. The van der Waals surface area contributed by atoms with E-state index in [1.807, 2.05) is 13.8 Å². The monoisotopic (exact) mass is 138 g/mol. The Morgan fingerprint density at radius 2 is 2.10 bits per heavy atom. The van der Waals surface area contributed by atoms with E-state index < -0.39 is 0 Å². The molecule has 1 rings (SSSR count). The Kier molecular flexibility index (Phi) is 1.85. The first-order valence-corrected chi connectivity index (χ1v) is 3.08. The average Bonchev–Trinajstić information content (AvgIpc) is 1.88. The first-order valence-electron chi connectivity index (χ1n) is 3.08. The van der Waals surface area contributed by atoms with E-state index in [2.05, 4.69) is 10.2 Å². The van der Waals surface area contributed by atoms with Gasteiger partial charge in [-0.15, -0.1) is 0 Å². The van der Waals surface area contributed by atoms with Crippen LogP contribution in [0.3, 0.4) is 0 Å². The van der Waals surface area contributed by atoms with E-state index in [9.17, 15) is 0 Å². The van der Waals surface area contributed by atoms with Crippen LogP contribution in [0.15, 0.2) is 6.20 Å². The fourth-order valence-electron chi connectivity index (χ4n) is 0.900. The maximum absolute atomic E-state index is 5.07. The summed E-state index contributed by atoms with van der Waals surface area (Å²) in [4.78, 5) is 0. The van der Waals surface area contributed by atoms with Gasteiger partial charge < -0.3 is 4.74 Å². The van der Waals surface area contributed by atoms with Crippen molar-refractivity contribution in [1.82, 2.24) is 10.2 Å². The van der Waals surface area contributed by atoms with Gasteiger partial charge in [-0.1, -0.05) is 0 Å². The number of methoxy groups -OCH3 is 1. The minimum absolute atomic E-state index is 0.829. The van der Waals surface area contributed by atoms with E-state index in [4.69, 9.17) is 4.74 Å². The fraction of sp³-hybridized carbons (Fsp3) is 0.429. The molecular formula is C7H10N2O. The first-order chi connectivity index (χ1) is 4.75. The van der Waals surface area contributed by atoms with Crippen LogP contribution >= 0.6 is 0 Å². The van der Waals surface area contributed by atoms with E-state index in [0.29, 0.717) is 0 Å². The Bertz CT molecular complexity index is 215. The molecule has 1 aromatic heterocycles. The molecule has 1 heterocycles. The van der Waals surface area contributed by atoms with Crippen LogP contribution < -0.4 is 4.74 Å².